The zero-order valence-corrected chi connectivity index (χ0v) is 19.7. The van der Waals surface area contributed by atoms with Crippen molar-refractivity contribution in [1.82, 2.24) is 9.80 Å². The van der Waals surface area contributed by atoms with Crippen LogP contribution in [-0.4, -0.2) is 73.7 Å². The number of sulfone groups is 1. The molecule has 2 aromatic carbocycles. The molecule has 2 aromatic rings. The van der Waals surface area contributed by atoms with Crippen molar-refractivity contribution in [1.29, 1.82) is 0 Å². The molecule has 5 rings (SSSR count). The molecule has 0 aliphatic carbocycles. The number of carbonyl (C=O) groups excluding carboxylic acids is 1. The van der Waals surface area contributed by atoms with Crippen LogP contribution in [-0.2, 0) is 22.8 Å². The van der Waals surface area contributed by atoms with E-state index >= 15 is 0 Å². The minimum Gasteiger partial charge on any atom is -0.493 e. The molecule has 0 aromatic heterocycles. The predicted octanol–water partition coefficient (Wildman–Crippen LogP) is 2.86. The Labute approximate surface area is 193 Å². The maximum absolute atomic E-state index is 13.3. The summed E-state index contributed by atoms with van der Waals surface area (Å²) in [7, 11) is -2.93. The number of benzene rings is 2. The zero-order valence-electron chi connectivity index (χ0n) is 18.0. The van der Waals surface area contributed by atoms with Gasteiger partial charge in [0.15, 0.2) is 9.84 Å². The van der Waals surface area contributed by atoms with Crippen molar-refractivity contribution in [3.8, 4) is 5.75 Å². The molecule has 3 heterocycles. The van der Waals surface area contributed by atoms with Gasteiger partial charge in [-0.05, 0) is 35.7 Å². The molecule has 2 fully saturated rings. The highest BCUT2D eigenvalue weighted by atomic mass is 32.2. The number of nitrogens with zero attached hydrogens (tertiary/aromatic N) is 2. The summed E-state index contributed by atoms with van der Waals surface area (Å²) in [5.74, 6) is 1.51. The summed E-state index contributed by atoms with van der Waals surface area (Å²) in [6.45, 7) is 4.74. The van der Waals surface area contributed by atoms with Crippen LogP contribution >= 0.6 is 11.8 Å². The lowest BCUT2D eigenvalue weighted by atomic mass is 10.1. The number of amides is 1. The molecule has 0 N–H and O–H groups in total. The highest BCUT2D eigenvalue weighted by molar-refractivity contribution is 8.02. The Hall–Kier alpha value is -2.03. The normalized spacial score (nSPS) is 22.5. The number of fused-ring (bicyclic) bond motifs is 1. The van der Waals surface area contributed by atoms with Gasteiger partial charge >= 0.3 is 0 Å². The van der Waals surface area contributed by atoms with E-state index in [9.17, 15) is 13.2 Å². The molecule has 0 radical (unpaired) electrons. The Kier molecular flexibility index (Phi) is 6.18. The summed E-state index contributed by atoms with van der Waals surface area (Å²) < 4.78 is 29.2. The second-order valence-electron chi connectivity index (χ2n) is 8.75. The topological polar surface area (TPSA) is 66.9 Å². The van der Waals surface area contributed by atoms with Gasteiger partial charge in [0, 0.05) is 49.3 Å². The van der Waals surface area contributed by atoms with Gasteiger partial charge in [-0.25, -0.2) is 8.42 Å². The van der Waals surface area contributed by atoms with Gasteiger partial charge in [-0.3, -0.25) is 9.69 Å². The molecule has 0 unspecified atom stereocenters. The minimum absolute atomic E-state index is 0.0310. The van der Waals surface area contributed by atoms with Crippen molar-refractivity contribution in [3.05, 3.63) is 59.2 Å². The Morgan fingerprint density at radius 3 is 2.69 bits per heavy atom. The van der Waals surface area contributed by atoms with Gasteiger partial charge in [0.1, 0.15) is 5.75 Å². The number of ether oxygens (including phenoxy) is 1. The Balaban J connectivity index is 1.19. The monoisotopic (exact) mass is 472 g/mol. The van der Waals surface area contributed by atoms with E-state index in [1.54, 1.807) is 0 Å². The van der Waals surface area contributed by atoms with Gasteiger partial charge in [-0.1, -0.05) is 24.3 Å². The number of thioether (sulfide) groups is 1. The van der Waals surface area contributed by atoms with Crippen LogP contribution in [0.4, 0.5) is 0 Å². The number of rotatable bonds is 5. The Morgan fingerprint density at radius 1 is 1.09 bits per heavy atom. The van der Waals surface area contributed by atoms with Crippen LogP contribution in [0.25, 0.3) is 0 Å². The van der Waals surface area contributed by atoms with E-state index < -0.39 is 9.84 Å². The highest BCUT2D eigenvalue weighted by Gasteiger charge is 2.30. The van der Waals surface area contributed by atoms with E-state index in [-0.39, 0.29) is 22.7 Å². The van der Waals surface area contributed by atoms with Crippen molar-refractivity contribution in [2.75, 3.05) is 44.3 Å². The van der Waals surface area contributed by atoms with E-state index in [0.29, 0.717) is 25.1 Å². The second kappa shape index (κ2) is 9.08. The highest BCUT2D eigenvalue weighted by Crippen LogP contribution is 2.33. The van der Waals surface area contributed by atoms with Crippen LogP contribution in [0.3, 0.4) is 0 Å². The third-order valence-electron chi connectivity index (χ3n) is 6.42. The van der Waals surface area contributed by atoms with Crippen molar-refractivity contribution >= 4 is 27.5 Å². The van der Waals surface area contributed by atoms with E-state index in [4.69, 9.17) is 4.74 Å². The van der Waals surface area contributed by atoms with Crippen molar-refractivity contribution in [3.63, 3.8) is 0 Å². The molecular formula is C24H28N2O4S2. The fourth-order valence-corrected chi connectivity index (χ4v) is 8.28. The van der Waals surface area contributed by atoms with Crippen LogP contribution < -0.4 is 4.74 Å². The summed E-state index contributed by atoms with van der Waals surface area (Å²) in [6, 6.07) is 14.1. The minimum atomic E-state index is -2.93. The molecule has 1 atom stereocenters. The fourth-order valence-electron chi connectivity index (χ4n) is 4.66. The van der Waals surface area contributed by atoms with E-state index in [2.05, 4.69) is 23.1 Å². The summed E-state index contributed by atoms with van der Waals surface area (Å²) >= 11 is 1.54. The molecule has 0 bridgehead atoms. The molecular weight excluding hydrogens is 444 g/mol. The van der Waals surface area contributed by atoms with Crippen LogP contribution in [0, 0.1) is 0 Å². The van der Waals surface area contributed by atoms with Crippen LogP contribution in [0.15, 0.2) is 47.4 Å². The number of carbonyl (C=O) groups is 1. The Bertz CT molecular complexity index is 1110. The molecule has 2 saturated heterocycles. The molecule has 32 heavy (non-hydrogen) atoms. The molecule has 0 spiro atoms. The molecule has 170 valence electrons. The summed E-state index contributed by atoms with van der Waals surface area (Å²) in [4.78, 5) is 18.5. The van der Waals surface area contributed by atoms with E-state index in [1.165, 1.54) is 22.9 Å². The standard InChI is InChI=1S/C24H28N2O4S2/c27-24(21-3-1-2-4-23(21)31-20-8-14-32(28,29)17-20)26-11-9-25(10-12-26)16-18-5-6-22-19(15-18)7-13-30-22/h1-6,15,20H,7-14,16-17H2/t20-/m1/s1. The molecule has 1 amide bonds. The maximum atomic E-state index is 13.3. The van der Waals surface area contributed by atoms with Gasteiger partial charge in [-0.2, -0.15) is 0 Å². The first-order chi connectivity index (χ1) is 15.5. The first-order valence-corrected chi connectivity index (χ1v) is 13.9. The van der Waals surface area contributed by atoms with Gasteiger partial charge in [-0.15, -0.1) is 11.8 Å². The fraction of sp³-hybridized carbons (Fsp3) is 0.458. The SMILES string of the molecule is O=C(c1ccccc1S[C@@H]1CCS(=O)(=O)C1)N1CCN(Cc2ccc3c(c2)CCO3)CC1. The first kappa shape index (κ1) is 21.8. The lowest BCUT2D eigenvalue weighted by Gasteiger charge is -2.35. The smallest absolute Gasteiger partial charge is 0.255 e. The van der Waals surface area contributed by atoms with Crippen LogP contribution in [0.2, 0.25) is 0 Å². The van der Waals surface area contributed by atoms with E-state index in [0.717, 1.165) is 43.3 Å². The summed E-state index contributed by atoms with van der Waals surface area (Å²) in [5.41, 5.74) is 3.27. The maximum Gasteiger partial charge on any atom is 0.255 e. The van der Waals surface area contributed by atoms with E-state index in [1.807, 2.05) is 29.2 Å². The van der Waals surface area contributed by atoms with Crippen molar-refractivity contribution in [2.45, 2.75) is 29.5 Å². The lowest BCUT2D eigenvalue weighted by molar-refractivity contribution is 0.0625. The van der Waals surface area contributed by atoms with Gasteiger partial charge in [0.05, 0.1) is 23.7 Å². The second-order valence-corrected chi connectivity index (χ2v) is 12.3. The molecule has 0 saturated carbocycles. The summed E-state index contributed by atoms with van der Waals surface area (Å²) in [6.07, 6.45) is 1.64. The third-order valence-corrected chi connectivity index (χ3v) is 9.75. The van der Waals surface area contributed by atoms with Gasteiger partial charge in [0.25, 0.3) is 5.91 Å². The molecule has 6 nitrogen and oxygen atoms in total. The number of hydrogen-bond donors (Lipinski definition) is 0. The molecule has 8 heteroatoms. The summed E-state index contributed by atoms with van der Waals surface area (Å²) in [5, 5.41) is 0.0310. The average molecular weight is 473 g/mol. The van der Waals surface area contributed by atoms with Crippen LogP contribution in [0.1, 0.15) is 27.9 Å². The predicted molar refractivity (Wildman–Crippen MR) is 126 cm³/mol. The van der Waals surface area contributed by atoms with Gasteiger partial charge in [0.2, 0.25) is 0 Å². The Morgan fingerprint density at radius 2 is 1.91 bits per heavy atom. The molecule has 3 aliphatic heterocycles. The average Bonchev–Trinajstić information content (AvgIpc) is 3.39. The van der Waals surface area contributed by atoms with Gasteiger partial charge < -0.3 is 9.64 Å². The van der Waals surface area contributed by atoms with Crippen molar-refractivity contribution in [2.24, 2.45) is 0 Å². The number of hydrogen-bond acceptors (Lipinski definition) is 6. The first-order valence-electron chi connectivity index (χ1n) is 11.2. The van der Waals surface area contributed by atoms with Crippen LogP contribution in [0.5, 0.6) is 5.75 Å². The molecule has 3 aliphatic rings. The number of piperazine rings is 1. The zero-order chi connectivity index (χ0) is 22.1. The lowest BCUT2D eigenvalue weighted by Crippen LogP contribution is -2.48. The third kappa shape index (κ3) is 4.82. The van der Waals surface area contributed by atoms with Crippen molar-refractivity contribution < 1.29 is 17.9 Å². The quantitative estimate of drug-likeness (QED) is 0.667. The largest absolute Gasteiger partial charge is 0.493 e.